The van der Waals surface area contributed by atoms with E-state index in [1.165, 1.54) is 16.5 Å². The monoisotopic (exact) mass is 491 g/mol. The van der Waals surface area contributed by atoms with Crippen LogP contribution in [-0.4, -0.2) is 71.3 Å². The van der Waals surface area contributed by atoms with Gasteiger partial charge in [-0.15, -0.1) is 0 Å². The molecule has 34 heavy (non-hydrogen) atoms. The van der Waals surface area contributed by atoms with Crippen molar-refractivity contribution in [1.82, 2.24) is 19.4 Å². The zero-order valence-electron chi connectivity index (χ0n) is 19.2. The fourth-order valence-corrected chi connectivity index (χ4v) is 5.58. The van der Waals surface area contributed by atoms with E-state index in [9.17, 15) is 27.6 Å². The molecule has 1 aromatic heterocycles. The molecule has 11 nitrogen and oxygen atoms in total. The number of likely N-dealkylation sites (N-methyl/N-ethyl adjacent to an activating group) is 1. The number of hydrogen-bond acceptors (Lipinski definition) is 8. The van der Waals surface area contributed by atoms with E-state index >= 15 is 0 Å². The third-order valence-corrected chi connectivity index (χ3v) is 7.59. The Labute approximate surface area is 197 Å². The maximum Gasteiger partial charge on any atom is 0.332 e. The summed E-state index contributed by atoms with van der Waals surface area (Å²) in [6, 6.07) is 8.57. The van der Waals surface area contributed by atoms with Crippen LogP contribution in [0.2, 0.25) is 0 Å². The number of anilines is 1. The summed E-state index contributed by atoms with van der Waals surface area (Å²) in [5.74, 6) is -1.31. The van der Waals surface area contributed by atoms with Crippen molar-refractivity contribution in [3.63, 3.8) is 0 Å². The summed E-state index contributed by atoms with van der Waals surface area (Å²) >= 11 is 0. The van der Waals surface area contributed by atoms with Crippen molar-refractivity contribution in [3.8, 4) is 0 Å². The van der Waals surface area contributed by atoms with E-state index in [2.05, 4.69) is 5.32 Å². The molecule has 1 saturated heterocycles. The molecule has 184 valence electrons. The number of benzene rings is 1. The Kier molecular flexibility index (Phi) is 7.72. The summed E-state index contributed by atoms with van der Waals surface area (Å²) in [6.45, 7) is 1.74. The second kappa shape index (κ2) is 10.3. The van der Waals surface area contributed by atoms with E-state index < -0.39 is 38.8 Å². The lowest BCUT2D eigenvalue weighted by Crippen LogP contribution is -2.46. The highest BCUT2D eigenvalue weighted by atomic mass is 32.2. The van der Waals surface area contributed by atoms with Crippen LogP contribution in [0.25, 0.3) is 0 Å². The van der Waals surface area contributed by atoms with Crippen molar-refractivity contribution >= 4 is 27.3 Å². The number of carbonyl (C=O) groups is 2. The van der Waals surface area contributed by atoms with Gasteiger partial charge in [0.25, 0.3) is 5.56 Å². The molecule has 3 N–H and O–H groups in total. The minimum absolute atomic E-state index is 0.0369. The zero-order valence-corrected chi connectivity index (χ0v) is 20.0. The Balaban J connectivity index is 1.78. The number of nitrogens with two attached hydrogens (primary N) is 1. The van der Waals surface area contributed by atoms with Crippen LogP contribution in [0.1, 0.15) is 29.3 Å². The zero-order chi connectivity index (χ0) is 25.0. The molecular formula is C22H29N5O6S. The summed E-state index contributed by atoms with van der Waals surface area (Å²) in [6.07, 6.45) is 0.356. The molecule has 1 aromatic carbocycles. The predicted octanol–water partition coefficient (Wildman–Crippen LogP) is -1.01. The molecule has 1 fully saturated rings. The number of amides is 1. The second-order valence-electron chi connectivity index (χ2n) is 8.37. The first-order valence-electron chi connectivity index (χ1n) is 10.9. The summed E-state index contributed by atoms with van der Waals surface area (Å²) < 4.78 is 25.2. The van der Waals surface area contributed by atoms with Gasteiger partial charge in [0.1, 0.15) is 11.4 Å². The van der Waals surface area contributed by atoms with E-state index in [4.69, 9.17) is 5.73 Å². The van der Waals surface area contributed by atoms with Gasteiger partial charge in [-0.1, -0.05) is 37.3 Å². The number of ketones is 1. The predicted molar refractivity (Wildman–Crippen MR) is 128 cm³/mol. The van der Waals surface area contributed by atoms with Crippen LogP contribution >= 0.6 is 0 Å². The Morgan fingerprint density at radius 2 is 1.85 bits per heavy atom. The van der Waals surface area contributed by atoms with Crippen molar-refractivity contribution in [2.75, 3.05) is 36.9 Å². The molecular weight excluding hydrogens is 462 g/mol. The fraction of sp³-hybridized carbons (Fsp3) is 0.455. The molecule has 1 aliphatic heterocycles. The number of nitrogens with zero attached hydrogens (tertiary/aromatic N) is 3. The van der Waals surface area contributed by atoms with E-state index in [1.54, 1.807) is 31.2 Å². The average Bonchev–Trinajstić information content (AvgIpc) is 3.13. The van der Waals surface area contributed by atoms with E-state index in [1.807, 2.05) is 6.07 Å². The third-order valence-electron chi connectivity index (χ3n) is 5.82. The third kappa shape index (κ3) is 5.81. The number of Topliss-reactive ketones (excluding diaryl/α,β-unsaturated/α-hetero) is 1. The van der Waals surface area contributed by atoms with Crippen molar-refractivity contribution in [1.29, 1.82) is 0 Å². The van der Waals surface area contributed by atoms with Crippen LogP contribution in [0.5, 0.6) is 0 Å². The molecule has 0 spiro atoms. The highest BCUT2D eigenvalue weighted by molar-refractivity contribution is 7.91. The summed E-state index contributed by atoms with van der Waals surface area (Å²) in [4.78, 5) is 52.4. The van der Waals surface area contributed by atoms with Gasteiger partial charge in [-0.3, -0.25) is 28.4 Å². The lowest BCUT2D eigenvalue weighted by Gasteiger charge is -2.21. The largest absolute Gasteiger partial charge is 0.384 e. The molecule has 0 bridgehead atoms. The number of nitrogens with one attached hydrogen (secondary N) is 1. The number of nitrogen functional groups attached to an aromatic ring is 1. The molecule has 0 aliphatic carbocycles. The first kappa shape index (κ1) is 25.4. The molecule has 1 aliphatic rings. The SMILES string of the molecule is CCN(CC(=O)NC1CCS(=O)(=O)C1)CC(=O)c1c(N)n(Cc2ccccc2)c(=O)n(C)c1=O. The van der Waals surface area contributed by atoms with Gasteiger partial charge in [0.2, 0.25) is 5.91 Å². The second-order valence-corrected chi connectivity index (χ2v) is 10.6. The summed E-state index contributed by atoms with van der Waals surface area (Å²) in [7, 11) is -1.85. The number of carbonyl (C=O) groups excluding carboxylic acids is 2. The van der Waals surface area contributed by atoms with Gasteiger partial charge in [0, 0.05) is 13.1 Å². The van der Waals surface area contributed by atoms with E-state index in [0.29, 0.717) is 13.0 Å². The fourth-order valence-electron chi connectivity index (χ4n) is 3.91. The van der Waals surface area contributed by atoms with Gasteiger partial charge >= 0.3 is 5.69 Å². The van der Waals surface area contributed by atoms with E-state index in [-0.39, 0.29) is 42.5 Å². The van der Waals surface area contributed by atoms with Gasteiger partial charge in [-0.05, 0) is 18.5 Å². The van der Waals surface area contributed by atoms with Gasteiger partial charge < -0.3 is 11.1 Å². The Bertz CT molecular complexity index is 1300. The van der Waals surface area contributed by atoms with Crippen molar-refractivity contribution in [2.24, 2.45) is 7.05 Å². The highest BCUT2D eigenvalue weighted by Gasteiger charge is 2.29. The minimum atomic E-state index is -3.14. The van der Waals surface area contributed by atoms with Crippen LogP contribution in [-0.2, 0) is 28.2 Å². The van der Waals surface area contributed by atoms with Gasteiger partial charge in [0.15, 0.2) is 15.6 Å². The Morgan fingerprint density at radius 1 is 1.18 bits per heavy atom. The summed E-state index contributed by atoms with van der Waals surface area (Å²) in [5, 5.41) is 2.68. The van der Waals surface area contributed by atoms with Gasteiger partial charge in [-0.2, -0.15) is 0 Å². The molecule has 2 aromatic rings. The normalized spacial score (nSPS) is 17.1. The first-order valence-corrected chi connectivity index (χ1v) is 12.7. The Morgan fingerprint density at radius 3 is 2.44 bits per heavy atom. The molecule has 1 unspecified atom stereocenters. The van der Waals surface area contributed by atoms with Crippen LogP contribution < -0.4 is 22.3 Å². The smallest absolute Gasteiger partial charge is 0.332 e. The summed E-state index contributed by atoms with van der Waals surface area (Å²) in [5.41, 5.74) is 5.16. The van der Waals surface area contributed by atoms with Gasteiger partial charge in [0.05, 0.1) is 31.1 Å². The average molecular weight is 492 g/mol. The highest BCUT2D eigenvalue weighted by Crippen LogP contribution is 2.12. The van der Waals surface area contributed by atoms with Crippen molar-refractivity contribution < 1.29 is 18.0 Å². The molecule has 1 atom stereocenters. The van der Waals surface area contributed by atoms with Crippen LogP contribution in [0.3, 0.4) is 0 Å². The van der Waals surface area contributed by atoms with Gasteiger partial charge in [-0.25, -0.2) is 13.2 Å². The molecule has 12 heteroatoms. The van der Waals surface area contributed by atoms with Crippen molar-refractivity contribution in [2.45, 2.75) is 25.9 Å². The molecule has 0 saturated carbocycles. The topological polar surface area (TPSA) is 154 Å². The van der Waals surface area contributed by atoms with E-state index in [0.717, 1.165) is 10.1 Å². The Hall–Kier alpha value is -3.25. The number of rotatable bonds is 9. The lowest BCUT2D eigenvalue weighted by atomic mass is 10.1. The minimum Gasteiger partial charge on any atom is -0.384 e. The molecule has 2 heterocycles. The van der Waals surface area contributed by atoms with Crippen LogP contribution in [0.4, 0.5) is 5.82 Å². The number of sulfone groups is 1. The van der Waals surface area contributed by atoms with Crippen LogP contribution in [0.15, 0.2) is 39.9 Å². The maximum absolute atomic E-state index is 13.1. The molecule has 3 rings (SSSR count). The maximum atomic E-state index is 13.1. The van der Waals surface area contributed by atoms with Crippen LogP contribution in [0, 0.1) is 0 Å². The molecule has 0 radical (unpaired) electrons. The first-order chi connectivity index (χ1) is 16.0. The number of aromatic nitrogens is 2. The quantitative estimate of drug-likeness (QED) is 0.423. The van der Waals surface area contributed by atoms with Crippen molar-refractivity contribution in [3.05, 3.63) is 62.3 Å². The molecule has 1 amide bonds. The standard InChI is InChI=1S/C22H29N5O6S/c1-3-26(13-18(29)24-16-9-10-34(32,33)14-16)12-17(28)19-20(23)27(22(31)25(2)21(19)30)11-15-7-5-4-6-8-15/h4-8,16H,3,9-14,23H2,1-2H3,(H,24,29). The lowest BCUT2D eigenvalue weighted by molar-refractivity contribution is -0.122. The number of hydrogen-bond donors (Lipinski definition) is 2.